The molecule has 192 valence electrons. The number of morpholine rings is 1. The van der Waals surface area contributed by atoms with Gasteiger partial charge in [-0.15, -0.1) is 0 Å². The lowest BCUT2D eigenvalue weighted by Crippen LogP contribution is -2.37. The van der Waals surface area contributed by atoms with Crippen LogP contribution in [-0.4, -0.2) is 72.5 Å². The van der Waals surface area contributed by atoms with Crippen LogP contribution in [0.3, 0.4) is 0 Å². The molecule has 1 aliphatic heterocycles. The van der Waals surface area contributed by atoms with Gasteiger partial charge in [-0.1, -0.05) is 12.1 Å². The number of carbonyl (C=O) groups excluding carboxylic acids is 1. The number of anilines is 1. The molecule has 14 heteroatoms. The van der Waals surface area contributed by atoms with E-state index in [-0.39, 0.29) is 17.8 Å². The van der Waals surface area contributed by atoms with Gasteiger partial charge in [0.1, 0.15) is 4.90 Å². The molecule has 0 atom stereocenters. The maximum Gasteiger partial charge on any atom is 0.501 e. The van der Waals surface area contributed by atoms with E-state index in [9.17, 15) is 34.8 Å². The van der Waals surface area contributed by atoms with E-state index in [0.717, 1.165) is 24.3 Å². The first-order chi connectivity index (χ1) is 16.4. The Kier molecular flexibility index (Phi) is 8.09. The zero-order valence-electron chi connectivity index (χ0n) is 18.4. The van der Waals surface area contributed by atoms with Crippen molar-refractivity contribution < 1.29 is 39.5 Å². The number of halogens is 3. The summed E-state index contributed by atoms with van der Waals surface area (Å²) < 4.78 is 96.3. The number of nitrogens with zero attached hydrogens (tertiary/aromatic N) is 1. The summed E-state index contributed by atoms with van der Waals surface area (Å²) in [6.45, 7) is 3.36. The lowest BCUT2D eigenvalue weighted by atomic mass is 10.2. The van der Waals surface area contributed by atoms with E-state index in [1.165, 1.54) is 12.1 Å². The van der Waals surface area contributed by atoms with Crippen LogP contribution in [0.25, 0.3) is 0 Å². The SMILES string of the molecule is NC(=O)c1ccccc1S(=O)(=O)c1ccc(NCCCN2CCOCC2)c(S(=O)(=O)C(F)(F)F)c1. The zero-order valence-corrected chi connectivity index (χ0v) is 20.0. The quantitative estimate of drug-likeness (QED) is 0.466. The highest BCUT2D eigenvalue weighted by Crippen LogP contribution is 2.37. The highest BCUT2D eigenvalue weighted by molar-refractivity contribution is 7.93. The van der Waals surface area contributed by atoms with Gasteiger partial charge in [-0.3, -0.25) is 9.69 Å². The Hall–Kier alpha value is -2.68. The summed E-state index contributed by atoms with van der Waals surface area (Å²) in [4.78, 5) is 11.3. The molecule has 0 unspecified atom stereocenters. The predicted octanol–water partition coefficient (Wildman–Crippen LogP) is 2.05. The van der Waals surface area contributed by atoms with E-state index in [4.69, 9.17) is 10.5 Å². The van der Waals surface area contributed by atoms with Gasteiger partial charge in [0.15, 0.2) is 0 Å². The summed E-state index contributed by atoms with van der Waals surface area (Å²) in [5, 5.41) is 2.67. The number of alkyl halides is 3. The molecule has 3 rings (SSSR count). The van der Waals surface area contributed by atoms with Crippen molar-refractivity contribution in [3.63, 3.8) is 0 Å². The fourth-order valence-corrected chi connectivity index (χ4v) is 6.07. The van der Waals surface area contributed by atoms with E-state index in [1.54, 1.807) is 0 Å². The van der Waals surface area contributed by atoms with E-state index in [0.29, 0.717) is 45.3 Å². The van der Waals surface area contributed by atoms with Crippen molar-refractivity contribution >= 4 is 31.3 Å². The van der Waals surface area contributed by atoms with Crippen molar-refractivity contribution in [3.8, 4) is 0 Å². The molecule has 1 aliphatic rings. The summed E-state index contributed by atoms with van der Waals surface area (Å²) in [6, 6.07) is 7.26. The maximum absolute atomic E-state index is 13.4. The van der Waals surface area contributed by atoms with Crippen LogP contribution in [0.2, 0.25) is 0 Å². The van der Waals surface area contributed by atoms with Crippen LogP contribution in [-0.2, 0) is 24.4 Å². The Morgan fingerprint density at radius 2 is 1.69 bits per heavy atom. The van der Waals surface area contributed by atoms with Crippen LogP contribution in [0, 0.1) is 0 Å². The monoisotopic (exact) mass is 535 g/mol. The molecule has 3 N–H and O–H groups in total. The minimum absolute atomic E-state index is 0.147. The van der Waals surface area contributed by atoms with Gasteiger partial charge in [-0.2, -0.15) is 13.2 Å². The molecular formula is C21H24F3N3O6S2. The normalized spacial score (nSPS) is 15.6. The summed E-state index contributed by atoms with van der Waals surface area (Å²) >= 11 is 0. The van der Waals surface area contributed by atoms with Crippen molar-refractivity contribution in [2.45, 2.75) is 26.6 Å². The first-order valence-corrected chi connectivity index (χ1v) is 13.5. The third-order valence-electron chi connectivity index (χ3n) is 5.37. The van der Waals surface area contributed by atoms with E-state index >= 15 is 0 Å². The van der Waals surface area contributed by atoms with Gasteiger partial charge in [0.05, 0.1) is 34.3 Å². The Balaban J connectivity index is 1.96. The number of sulfone groups is 2. The van der Waals surface area contributed by atoms with Gasteiger partial charge < -0.3 is 15.8 Å². The number of nitrogens with one attached hydrogen (secondary N) is 1. The molecule has 2 aromatic carbocycles. The highest BCUT2D eigenvalue weighted by Gasteiger charge is 2.48. The number of ether oxygens (including phenoxy) is 1. The summed E-state index contributed by atoms with van der Waals surface area (Å²) in [6.07, 6.45) is 0.498. The third kappa shape index (κ3) is 5.94. The number of benzene rings is 2. The number of hydrogen-bond acceptors (Lipinski definition) is 8. The molecular weight excluding hydrogens is 511 g/mol. The van der Waals surface area contributed by atoms with Crippen LogP contribution in [0.1, 0.15) is 16.8 Å². The van der Waals surface area contributed by atoms with Crippen molar-refractivity contribution in [2.75, 3.05) is 44.7 Å². The second kappa shape index (κ2) is 10.5. The van der Waals surface area contributed by atoms with Gasteiger partial charge in [-0.05, 0) is 43.3 Å². The number of carbonyl (C=O) groups is 1. The smallest absolute Gasteiger partial charge is 0.384 e. The van der Waals surface area contributed by atoms with Crippen molar-refractivity contribution in [1.82, 2.24) is 4.90 Å². The molecule has 0 spiro atoms. The lowest BCUT2D eigenvalue weighted by Gasteiger charge is -2.26. The highest BCUT2D eigenvalue weighted by atomic mass is 32.2. The number of amides is 1. The largest absolute Gasteiger partial charge is 0.501 e. The Morgan fingerprint density at radius 1 is 1.03 bits per heavy atom. The molecule has 2 aromatic rings. The van der Waals surface area contributed by atoms with Crippen LogP contribution >= 0.6 is 0 Å². The van der Waals surface area contributed by atoms with Crippen molar-refractivity contribution in [3.05, 3.63) is 48.0 Å². The molecule has 9 nitrogen and oxygen atoms in total. The summed E-state index contributed by atoms with van der Waals surface area (Å²) in [5.74, 6) is -1.06. The molecule has 0 aliphatic carbocycles. The summed E-state index contributed by atoms with van der Waals surface area (Å²) in [5.41, 5.74) is -1.20. The number of primary amides is 1. The molecule has 1 amide bonds. The van der Waals surface area contributed by atoms with Crippen LogP contribution in [0.5, 0.6) is 0 Å². The second-order valence-corrected chi connectivity index (χ2v) is 11.5. The maximum atomic E-state index is 13.4. The molecule has 0 aromatic heterocycles. The third-order valence-corrected chi connectivity index (χ3v) is 8.71. The van der Waals surface area contributed by atoms with Crippen molar-refractivity contribution in [1.29, 1.82) is 0 Å². The van der Waals surface area contributed by atoms with Gasteiger partial charge in [0, 0.05) is 19.6 Å². The fraction of sp³-hybridized carbons (Fsp3) is 0.381. The Labute approximate surface area is 200 Å². The number of rotatable bonds is 9. The van der Waals surface area contributed by atoms with Gasteiger partial charge in [0.25, 0.3) is 9.84 Å². The van der Waals surface area contributed by atoms with E-state index in [1.807, 2.05) is 0 Å². The van der Waals surface area contributed by atoms with Crippen molar-refractivity contribution in [2.24, 2.45) is 5.73 Å². The molecule has 0 bridgehead atoms. The first kappa shape index (κ1) is 26.9. The average molecular weight is 536 g/mol. The van der Waals surface area contributed by atoms with Gasteiger partial charge in [0.2, 0.25) is 15.7 Å². The number of nitrogens with two attached hydrogens (primary N) is 1. The zero-order chi connectivity index (χ0) is 25.9. The molecule has 1 saturated heterocycles. The van der Waals surface area contributed by atoms with Gasteiger partial charge >= 0.3 is 5.51 Å². The second-order valence-electron chi connectivity index (χ2n) is 7.71. The fourth-order valence-electron chi connectivity index (χ4n) is 3.54. The van der Waals surface area contributed by atoms with E-state index in [2.05, 4.69) is 10.2 Å². The Bertz CT molecular complexity index is 1290. The molecule has 1 heterocycles. The van der Waals surface area contributed by atoms with Gasteiger partial charge in [-0.25, -0.2) is 16.8 Å². The predicted molar refractivity (Wildman–Crippen MR) is 120 cm³/mol. The molecule has 35 heavy (non-hydrogen) atoms. The van der Waals surface area contributed by atoms with Crippen LogP contribution in [0.15, 0.2) is 57.2 Å². The topological polar surface area (TPSA) is 136 Å². The summed E-state index contributed by atoms with van der Waals surface area (Å²) in [7, 11) is -10.5. The average Bonchev–Trinajstić information content (AvgIpc) is 2.81. The molecule has 1 fully saturated rings. The number of hydrogen-bond donors (Lipinski definition) is 2. The standard InChI is InChI=1S/C21H24F3N3O6S2/c22-21(23,24)35(31,32)19-14-15(34(29,30)18-5-2-1-4-16(18)20(25)28)6-7-17(19)26-8-3-9-27-10-12-33-13-11-27/h1-2,4-7,14,26H,3,8-13H2,(H2,25,28). The Morgan fingerprint density at radius 3 is 2.31 bits per heavy atom. The molecule has 0 radical (unpaired) electrons. The molecule has 0 saturated carbocycles. The minimum Gasteiger partial charge on any atom is -0.384 e. The van der Waals surface area contributed by atoms with Crippen LogP contribution < -0.4 is 11.1 Å². The van der Waals surface area contributed by atoms with Crippen LogP contribution in [0.4, 0.5) is 18.9 Å². The first-order valence-electron chi connectivity index (χ1n) is 10.5. The van der Waals surface area contributed by atoms with E-state index < -0.39 is 45.8 Å². The minimum atomic E-state index is -5.90. The lowest BCUT2D eigenvalue weighted by molar-refractivity contribution is -0.0435.